The summed E-state index contributed by atoms with van der Waals surface area (Å²) in [5.74, 6) is 1.94. The van der Waals surface area contributed by atoms with Crippen LogP contribution in [-0.2, 0) is 13.0 Å². The summed E-state index contributed by atoms with van der Waals surface area (Å²) in [7, 11) is 1.99. The maximum atomic E-state index is 4.80. The minimum absolute atomic E-state index is 0.613. The van der Waals surface area contributed by atoms with E-state index in [1.807, 2.05) is 7.05 Å². The lowest BCUT2D eigenvalue weighted by molar-refractivity contribution is 0.625. The number of pyridine rings is 1. The van der Waals surface area contributed by atoms with E-state index < -0.39 is 0 Å². The minimum atomic E-state index is 0.613. The average Bonchev–Trinajstić information content (AvgIpc) is 2.68. The molecule has 1 aromatic heterocycles. The maximum absolute atomic E-state index is 4.80. The van der Waals surface area contributed by atoms with E-state index in [1.165, 1.54) is 17.7 Å². The molecule has 0 spiro atoms. The Labute approximate surface area is 111 Å². The number of anilines is 1. The van der Waals surface area contributed by atoms with Gasteiger partial charge in [-0.2, -0.15) is 0 Å². The molecule has 2 rings (SSSR count). The average molecular weight is 247 g/mol. The van der Waals surface area contributed by atoms with Crippen LogP contribution in [0.4, 0.5) is 5.82 Å². The van der Waals surface area contributed by atoms with Crippen molar-refractivity contribution in [1.82, 2.24) is 10.3 Å². The molecule has 3 heteroatoms. The summed E-state index contributed by atoms with van der Waals surface area (Å²) in [6, 6.07) is 5.07. The first kappa shape index (κ1) is 13.3. The van der Waals surface area contributed by atoms with Crippen molar-refractivity contribution in [2.24, 2.45) is 5.92 Å². The van der Waals surface area contributed by atoms with Crippen LogP contribution < -0.4 is 10.2 Å². The molecule has 1 aromatic rings. The fourth-order valence-corrected chi connectivity index (χ4v) is 2.89. The molecule has 0 saturated carbocycles. The number of nitrogens with zero attached hydrogens (tertiary/aromatic N) is 2. The number of aryl methyl sites for hydroxylation is 1. The van der Waals surface area contributed by atoms with Crippen LogP contribution >= 0.6 is 0 Å². The van der Waals surface area contributed by atoms with E-state index in [4.69, 9.17) is 4.98 Å². The van der Waals surface area contributed by atoms with Crippen molar-refractivity contribution in [1.29, 1.82) is 0 Å². The Hall–Kier alpha value is -1.09. The molecule has 100 valence electrons. The quantitative estimate of drug-likeness (QED) is 0.886. The third kappa shape index (κ3) is 2.83. The second-order valence-corrected chi connectivity index (χ2v) is 5.55. The third-order valence-electron chi connectivity index (χ3n) is 3.75. The molecule has 18 heavy (non-hydrogen) atoms. The highest BCUT2D eigenvalue weighted by Crippen LogP contribution is 2.28. The standard InChI is InChI=1S/C15H25N3/c1-5-14-7-13(9-16-4)8-15(17-14)18-10-11(2)6-12(18)3/h7-8,11-12,16H,5-6,9-10H2,1-4H3. The molecule has 3 nitrogen and oxygen atoms in total. The number of rotatable bonds is 4. The van der Waals surface area contributed by atoms with Gasteiger partial charge in [-0.3, -0.25) is 0 Å². The van der Waals surface area contributed by atoms with Gasteiger partial charge in [-0.15, -0.1) is 0 Å². The van der Waals surface area contributed by atoms with Gasteiger partial charge in [0, 0.05) is 24.8 Å². The molecule has 2 unspecified atom stereocenters. The highest BCUT2D eigenvalue weighted by atomic mass is 15.2. The predicted octanol–water partition coefficient (Wildman–Crippen LogP) is 2.60. The smallest absolute Gasteiger partial charge is 0.129 e. The molecule has 0 aliphatic carbocycles. The normalized spacial score (nSPS) is 23.7. The van der Waals surface area contributed by atoms with Crippen LogP contribution in [0.15, 0.2) is 12.1 Å². The van der Waals surface area contributed by atoms with Crippen molar-refractivity contribution in [3.63, 3.8) is 0 Å². The van der Waals surface area contributed by atoms with E-state index in [0.717, 1.165) is 31.2 Å². The number of hydrogen-bond acceptors (Lipinski definition) is 3. The van der Waals surface area contributed by atoms with Gasteiger partial charge in [-0.25, -0.2) is 4.98 Å². The Morgan fingerprint density at radius 1 is 1.39 bits per heavy atom. The summed E-state index contributed by atoms with van der Waals surface area (Å²) in [5, 5.41) is 3.23. The van der Waals surface area contributed by atoms with E-state index in [2.05, 4.69) is 43.1 Å². The van der Waals surface area contributed by atoms with Crippen LogP contribution in [0.3, 0.4) is 0 Å². The Morgan fingerprint density at radius 3 is 2.72 bits per heavy atom. The van der Waals surface area contributed by atoms with Crippen LogP contribution in [-0.4, -0.2) is 24.6 Å². The summed E-state index contributed by atoms with van der Waals surface area (Å²) in [5.41, 5.74) is 2.54. The van der Waals surface area contributed by atoms with Gasteiger partial charge in [0.2, 0.25) is 0 Å². The Balaban J connectivity index is 2.28. The van der Waals surface area contributed by atoms with Crippen LogP contribution in [0.1, 0.15) is 38.4 Å². The van der Waals surface area contributed by atoms with Gasteiger partial charge in [0.1, 0.15) is 5.82 Å². The number of nitrogens with one attached hydrogen (secondary N) is 1. The zero-order chi connectivity index (χ0) is 13.1. The molecule has 1 aliphatic heterocycles. The van der Waals surface area contributed by atoms with Crippen LogP contribution in [0.2, 0.25) is 0 Å². The summed E-state index contributed by atoms with van der Waals surface area (Å²) in [6.07, 6.45) is 2.28. The molecule has 0 bridgehead atoms. The van der Waals surface area contributed by atoms with Gasteiger partial charge in [0.15, 0.2) is 0 Å². The zero-order valence-corrected chi connectivity index (χ0v) is 12.0. The third-order valence-corrected chi connectivity index (χ3v) is 3.75. The van der Waals surface area contributed by atoms with Gasteiger partial charge in [0.05, 0.1) is 0 Å². The summed E-state index contributed by atoms with van der Waals surface area (Å²) >= 11 is 0. The second kappa shape index (κ2) is 5.70. The molecular formula is C15H25N3. The van der Waals surface area contributed by atoms with E-state index >= 15 is 0 Å². The first-order valence-corrected chi connectivity index (χ1v) is 7.05. The summed E-state index contributed by atoms with van der Waals surface area (Å²) in [4.78, 5) is 7.26. The van der Waals surface area contributed by atoms with Crippen molar-refractivity contribution >= 4 is 5.82 Å². The predicted molar refractivity (Wildman–Crippen MR) is 77.0 cm³/mol. The fourth-order valence-electron chi connectivity index (χ4n) is 2.89. The summed E-state index contributed by atoms with van der Waals surface area (Å²) in [6.45, 7) is 8.86. The van der Waals surface area contributed by atoms with Gasteiger partial charge in [-0.05, 0) is 50.4 Å². The monoisotopic (exact) mass is 247 g/mol. The molecule has 1 aliphatic rings. The summed E-state index contributed by atoms with van der Waals surface area (Å²) < 4.78 is 0. The molecule has 1 saturated heterocycles. The van der Waals surface area contributed by atoms with Crippen molar-refractivity contribution in [2.45, 2.75) is 46.2 Å². The van der Waals surface area contributed by atoms with Gasteiger partial charge < -0.3 is 10.2 Å². The molecule has 1 N–H and O–H groups in total. The van der Waals surface area contributed by atoms with Crippen LogP contribution in [0.5, 0.6) is 0 Å². The maximum Gasteiger partial charge on any atom is 0.129 e. The van der Waals surface area contributed by atoms with Crippen molar-refractivity contribution in [3.05, 3.63) is 23.4 Å². The van der Waals surface area contributed by atoms with Crippen LogP contribution in [0, 0.1) is 5.92 Å². The SMILES string of the molecule is CCc1cc(CNC)cc(N2CC(C)CC2C)n1. The lowest BCUT2D eigenvalue weighted by Gasteiger charge is -2.24. The van der Waals surface area contributed by atoms with Crippen molar-refractivity contribution < 1.29 is 0 Å². The van der Waals surface area contributed by atoms with E-state index in [9.17, 15) is 0 Å². The van der Waals surface area contributed by atoms with E-state index in [0.29, 0.717) is 6.04 Å². The molecule has 1 fully saturated rings. The zero-order valence-electron chi connectivity index (χ0n) is 12.0. The molecule has 0 aromatic carbocycles. The van der Waals surface area contributed by atoms with Crippen molar-refractivity contribution in [3.8, 4) is 0 Å². The van der Waals surface area contributed by atoms with E-state index in [1.54, 1.807) is 0 Å². The van der Waals surface area contributed by atoms with Crippen LogP contribution in [0.25, 0.3) is 0 Å². The largest absolute Gasteiger partial charge is 0.354 e. The lowest BCUT2D eigenvalue weighted by atomic mass is 10.1. The first-order chi connectivity index (χ1) is 8.63. The number of hydrogen-bond donors (Lipinski definition) is 1. The topological polar surface area (TPSA) is 28.2 Å². The molecule has 2 atom stereocenters. The molecular weight excluding hydrogens is 222 g/mol. The number of aromatic nitrogens is 1. The highest BCUT2D eigenvalue weighted by molar-refractivity contribution is 5.45. The fraction of sp³-hybridized carbons (Fsp3) is 0.667. The lowest BCUT2D eigenvalue weighted by Crippen LogP contribution is -2.28. The minimum Gasteiger partial charge on any atom is -0.354 e. The van der Waals surface area contributed by atoms with Gasteiger partial charge >= 0.3 is 0 Å². The molecule has 2 heterocycles. The Kier molecular flexibility index (Phi) is 4.23. The highest BCUT2D eigenvalue weighted by Gasteiger charge is 2.27. The molecule has 0 radical (unpaired) electrons. The first-order valence-electron chi connectivity index (χ1n) is 7.05. The van der Waals surface area contributed by atoms with Crippen molar-refractivity contribution in [2.75, 3.05) is 18.5 Å². The Morgan fingerprint density at radius 2 is 2.17 bits per heavy atom. The molecule has 0 amide bonds. The van der Waals surface area contributed by atoms with E-state index in [-0.39, 0.29) is 0 Å². The Bertz CT molecular complexity index is 403. The second-order valence-electron chi connectivity index (χ2n) is 5.55. The van der Waals surface area contributed by atoms with Gasteiger partial charge in [-0.1, -0.05) is 13.8 Å². The van der Waals surface area contributed by atoms with Gasteiger partial charge in [0.25, 0.3) is 0 Å².